The monoisotopic (exact) mass is 340 g/mol. The smallest absolute Gasteiger partial charge is 0.226 e. The topological polar surface area (TPSA) is 67.4 Å². The third kappa shape index (κ3) is 5.35. The van der Waals surface area contributed by atoms with E-state index >= 15 is 0 Å². The number of hydrogen-bond donors (Lipinski definition) is 2. The molecule has 0 heterocycles. The number of anilines is 1. The van der Waals surface area contributed by atoms with Crippen LogP contribution in [0.5, 0.6) is 5.75 Å². The van der Waals surface area contributed by atoms with E-state index in [2.05, 4.69) is 10.6 Å². The van der Waals surface area contributed by atoms with Crippen LogP contribution >= 0.6 is 0 Å². The van der Waals surface area contributed by atoms with Crippen LogP contribution in [0.15, 0.2) is 42.5 Å². The number of amides is 2. The summed E-state index contributed by atoms with van der Waals surface area (Å²) < 4.78 is 5.15. The minimum atomic E-state index is -0.394. The van der Waals surface area contributed by atoms with Crippen molar-refractivity contribution < 1.29 is 14.3 Å². The number of ether oxygens (including phenoxy) is 1. The van der Waals surface area contributed by atoms with E-state index in [0.29, 0.717) is 0 Å². The second-order valence-corrected chi connectivity index (χ2v) is 6.10. The molecule has 132 valence electrons. The van der Waals surface area contributed by atoms with Gasteiger partial charge in [0.25, 0.3) is 0 Å². The normalized spacial score (nSPS) is 11.5. The van der Waals surface area contributed by atoms with Crippen LogP contribution in [0, 0.1) is 13.8 Å². The van der Waals surface area contributed by atoms with Crippen molar-refractivity contribution >= 4 is 17.5 Å². The molecular weight excluding hydrogens is 316 g/mol. The van der Waals surface area contributed by atoms with Gasteiger partial charge in [0.1, 0.15) is 5.75 Å². The van der Waals surface area contributed by atoms with Gasteiger partial charge in [0.2, 0.25) is 11.8 Å². The zero-order valence-electron chi connectivity index (χ0n) is 15.1. The van der Waals surface area contributed by atoms with Crippen molar-refractivity contribution in [2.75, 3.05) is 12.4 Å². The molecule has 2 amide bonds. The standard InChI is InChI=1S/C20H24N2O3/c1-13-5-10-18(14(2)11-13)22-20(24)12-19(21-15(3)23)16-6-8-17(25-4)9-7-16/h5-11,19H,12H2,1-4H3,(H,21,23)(H,22,24). The summed E-state index contributed by atoms with van der Waals surface area (Å²) in [6.45, 7) is 5.41. The largest absolute Gasteiger partial charge is 0.497 e. The van der Waals surface area contributed by atoms with Gasteiger partial charge in [-0.05, 0) is 43.2 Å². The highest BCUT2D eigenvalue weighted by molar-refractivity contribution is 5.92. The molecule has 5 heteroatoms. The molecule has 2 aromatic carbocycles. The number of nitrogens with one attached hydrogen (secondary N) is 2. The second kappa shape index (κ2) is 8.33. The number of hydrogen-bond acceptors (Lipinski definition) is 3. The highest BCUT2D eigenvalue weighted by Crippen LogP contribution is 2.22. The first-order chi connectivity index (χ1) is 11.9. The number of carbonyl (C=O) groups excluding carboxylic acids is 2. The molecular formula is C20H24N2O3. The van der Waals surface area contributed by atoms with Gasteiger partial charge in [-0.1, -0.05) is 29.8 Å². The van der Waals surface area contributed by atoms with Crippen LogP contribution < -0.4 is 15.4 Å². The molecule has 2 aromatic rings. The van der Waals surface area contributed by atoms with Gasteiger partial charge < -0.3 is 15.4 Å². The van der Waals surface area contributed by atoms with Gasteiger partial charge in [-0.2, -0.15) is 0 Å². The van der Waals surface area contributed by atoms with Crippen LogP contribution in [0.2, 0.25) is 0 Å². The van der Waals surface area contributed by atoms with Crippen molar-refractivity contribution in [1.29, 1.82) is 0 Å². The van der Waals surface area contributed by atoms with E-state index in [0.717, 1.165) is 28.1 Å². The van der Waals surface area contributed by atoms with Crippen molar-refractivity contribution in [3.8, 4) is 5.75 Å². The third-order valence-corrected chi connectivity index (χ3v) is 3.94. The van der Waals surface area contributed by atoms with Crippen LogP contribution in [-0.2, 0) is 9.59 Å². The molecule has 0 aliphatic rings. The van der Waals surface area contributed by atoms with E-state index in [1.165, 1.54) is 6.92 Å². The maximum atomic E-state index is 12.5. The van der Waals surface area contributed by atoms with E-state index in [-0.39, 0.29) is 18.2 Å². The number of rotatable bonds is 6. The maximum absolute atomic E-state index is 12.5. The van der Waals surface area contributed by atoms with Crippen LogP contribution in [0.4, 0.5) is 5.69 Å². The summed E-state index contributed by atoms with van der Waals surface area (Å²) in [6.07, 6.45) is 0.152. The second-order valence-electron chi connectivity index (χ2n) is 6.10. The number of aryl methyl sites for hydroxylation is 2. The Morgan fingerprint density at radius 1 is 1.08 bits per heavy atom. The van der Waals surface area contributed by atoms with E-state index in [4.69, 9.17) is 4.74 Å². The van der Waals surface area contributed by atoms with E-state index in [1.54, 1.807) is 7.11 Å². The maximum Gasteiger partial charge on any atom is 0.226 e. The van der Waals surface area contributed by atoms with Crippen molar-refractivity contribution in [3.05, 3.63) is 59.2 Å². The highest BCUT2D eigenvalue weighted by Gasteiger charge is 2.18. The van der Waals surface area contributed by atoms with Gasteiger partial charge in [-0.25, -0.2) is 0 Å². The zero-order valence-corrected chi connectivity index (χ0v) is 15.1. The predicted molar refractivity (Wildman–Crippen MR) is 98.7 cm³/mol. The summed E-state index contributed by atoms with van der Waals surface area (Å²) in [7, 11) is 1.59. The van der Waals surface area contributed by atoms with Gasteiger partial charge in [0.15, 0.2) is 0 Å². The van der Waals surface area contributed by atoms with Crippen molar-refractivity contribution in [3.63, 3.8) is 0 Å². The summed E-state index contributed by atoms with van der Waals surface area (Å²) in [5.41, 5.74) is 3.79. The molecule has 2 rings (SSSR count). The Morgan fingerprint density at radius 3 is 2.32 bits per heavy atom. The lowest BCUT2D eigenvalue weighted by atomic mass is 10.0. The number of methoxy groups -OCH3 is 1. The van der Waals surface area contributed by atoms with E-state index in [9.17, 15) is 9.59 Å². The summed E-state index contributed by atoms with van der Waals surface area (Å²) in [4.78, 5) is 24.0. The van der Waals surface area contributed by atoms with E-state index < -0.39 is 6.04 Å². The molecule has 0 aliphatic carbocycles. The molecule has 0 saturated carbocycles. The van der Waals surface area contributed by atoms with Gasteiger partial charge in [0, 0.05) is 12.6 Å². The lowest BCUT2D eigenvalue weighted by Gasteiger charge is -2.19. The SMILES string of the molecule is COc1ccc(C(CC(=O)Nc2ccc(C)cc2C)NC(C)=O)cc1. The molecule has 25 heavy (non-hydrogen) atoms. The highest BCUT2D eigenvalue weighted by atomic mass is 16.5. The first-order valence-corrected chi connectivity index (χ1v) is 8.17. The average molecular weight is 340 g/mol. The Labute approximate surface area is 148 Å². The predicted octanol–water partition coefficient (Wildman–Crippen LogP) is 3.52. The first-order valence-electron chi connectivity index (χ1n) is 8.17. The average Bonchev–Trinajstić information content (AvgIpc) is 2.56. The van der Waals surface area contributed by atoms with Crippen LogP contribution in [0.25, 0.3) is 0 Å². The fraction of sp³-hybridized carbons (Fsp3) is 0.300. The lowest BCUT2D eigenvalue weighted by Crippen LogP contribution is -2.29. The number of benzene rings is 2. The summed E-state index contributed by atoms with van der Waals surface area (Å²) >= 11 is 0. The van der Waals surface area contributed by atoms with Crippen LogP contribution in [-0.4, -0.2) is 18.9 Å². The van der Waals surface area contributed by atoms with Gasteiger partial charge in [-0.15, -0.1) is 0 Å². The fourth-order valence-corrected chi connectivity index (χ4v) is 2.67. The number of carbonyl (C=O) groups is 2. The molecule has 1 atom stereocenters. The molecule has 0 aromatic heterocycles. The molecule has 0 spiro atoms. The molecule has 0 saturated heterocycles. The Hall–Kier alpha value is -2.82. The Morgan fingerprint density at radius 2 is 1.76 bits per heavy atom. The van der Waals surface area contributed by atoms with Crippen LogP contribution in [0.3, 0.4) is 0 Å². The summed E-state index contributed by atoms with van der Waals surface area (Å²) in [5, 5.41) is 5.75. The van der Waals surface area contributed by atoms with Crippen molar-refractivity contribution in [1.82, 2.24) is 5.32 Å². The molecule has 0 bridgehead atoms. The summed E-state index contributed by atoms with van der Waals surface area (Å²) in [5.74, 6) is 0.395. The Bertz CT molecular complexity index is 754. The minimum Gasteiger partial charge on any atom is -0.497 e. The first kappa shape index (κ1) is 18.5. The van der Waals surface area contributed by atoms with Gasteiger partial charge in [-0.3, -0.25) is 9.59 Å². The van der Waals surface area contributed by atoms with Gasteiger partial charge >= 0.3 is 0 Å². The van der Waals surface area contributed by atoms with Crippen molar-refractivity contribution in [2.24, 2.45) is 0 Å². The Balaban J connectivity index is 2.12. The van der Waals surface area contributed by atoms with E-state index in [1.807, 2.05) is 56.3 Å². The zero-order chi connectivity index (χ0) is 18.4. The molecule has 5 nitrogen and oxygen atoms in total. The van der Waals surface area contributed by atoms with Crippen molar-refractivity contribution in [2.45, 2.75) is 33.2 Å². The molecule has 0 fully saturated rings. The molecule has 2 N–H and O–H groups in total. The minimum absolute atomic E-state index is 0.151. The summed E-state index contributed by atoms with van der Waals surface area (Å²) in [6, 6.07) is 12.8. The molecule has 0 aliphatic heterocycles. The molecule has 0 radical (unpaired) electrons. The third-order valence-electron chi connectivity index (χ3n) is 3.94. The lowest BCUT2D eigenvalue weighted by molar-refractivity contribution is -0.120. The van der Waals surface area contributed by atoms with Gasteiger partial charge in [0.05, 0.1) is 19.6 Å². The fourth-order valence-electron chi connectivity index (χ4n) is 2.67. The van der Waals surface area contributed by atoms with Crippen LogP contribution in [0.1, 0.15) is 36.1 Å². The Kier molecular flexibility index (Phi) is 6.17. The quantitative estimate of drug-likeness (QED) is 0.845. The molecule has 1 unspecified atom stereocenters.